The Morgan fingerprint density at radius 1 is 1.31 bits per heavy atom. The highest BCUT2D eigenvalue weighted by Crippen LogP contribution is 2.43. The van der Waals surface area contributed by atoms with Crippen LogP contribution in [-0.4, -0.2) is 67.8 Å². The highest BCUT2D eigenvalue weighted by atomic mass is 32.2. The molecule has 1 saturated carbocycles. The van der Waals surface area contributed by atoms with Crippen molar-refractivity contribution in [1.82, 2.24) is 14.8 Å². The molecule has 2 N–H and O–H groups in total. The number of carbonyl (C=O) groups excluding carboxylic acids is 1. The molecule has 1 aliphatic carbocycles. The van der Waals surface area contributed by atoms with Crippen molar-refractivity contribution in [2.24, 2.45) is 24.8 Å². The number of quaternary nitrogens is 1. The fraction of sp³-hybridized carbons (Fsp3) is 0.806. The largest absolute Gasteiger partial charge is 0.437 e. The van der Waals surface area contributed by atoms with Crippen molar-refractivity contribution >= 4 is 34.0 Å². The van der Waals surface area contributed by atoms with Crippen LogP contribution in [-0.2, 0) is 23.0 Å². The third-order valence-corrected chi connectivity index (χ3v) is 12.2. The van der Waals surface area contributed by atoms with Crippen LogP contribution in [0.1, 0.15) is 89.8 Å². The maximum absolute atomic E-state index is 12.9. The third kappa shape index (κ3) is 5.80. The van der Waals surface area contributed by atoms with E-state index in [4.69, 9.17) is 9.72 Å². The Balaban J connectivity index is 1.73. The van der Waals surface area contributed by atoms with Gasteiger partial charge in [0.05, 0.1) is 39.2 Å². The maximum atomic E-state index is 12.9. The topological polar surface area (TPSA) is 67.1 Å². The summed E-state index contributed by atoms with van der Waals surface area (Å²) in [4.78, 5) is 18.5. The Bertz CT molecular complexity index is 1060. The second kappa shape index (κ2) is 12.6. The van der Waals surface area contributed by atoms with E-state index in [2.05, 4.69) is 69.9 Å². The molecule has 2 bridgehead atoms. The zero-order valence-corrected chi connectivity index (χ0v) is 26.7. The number of fused-ring (bicyclic) bond motifs is 3. The van der Waals surface area contributed by atoms with Crippen molar-refractivity contribution in [1.29, 1.82) is 0 Å². The normalized spacial score (nSPS) is 28.0. The maximum Gasteiger partial charge on any atom is 0.437 e. The lowest BCUT2D eigenvalue weighted by molar-refractivity contribution is -0.654. The summed E-state index contributed by atoms with van der Waals surface area (Å²) in [5.74, 6) is 8.69. The number of carbonyl (C=O) groups is 1. The number of hydrogen-bond donors (Lipinski definition) is 2. The fourth-order valence-electron chi connectivity index (χ4n) is 7.91. The Kier molecular flexibility index (Phi) is 9.81. The van der Waals surface area contributed by atoms with Crippen molar-refractivity contribution in [3.63, 3.8) is 0 Å². The third-order valence-electron chi connectivity index (χ3n) is 10.4. The van der Waals surface area contributed by atoms with Gasteiger partial charge in [0, 0.05) is 37.0 Å². The lowest BCUT2D eigenvalue weighted by Gasteiger charge is -2.40. The summed E-state index contributed by atoms with van der Waals surface area (Å²) in [6, 6.07) is 0.372. The molecule has 1 aromatic rings. The number of ether oxygens (including phenoxy) is 1. The van der Waals surface area contributed by atoms with Crippen molar-refractivity contribution in [2.75, 3.05) is 38.9 Å². The van der Waals surface area contributed by atoms with Crippen LogP contribution in [0.15, 0.2) is 0 Å². The van der Waals surface area contributed by atoms with Gasteiger partial charge in [-0.1, -0.05) is 45.0 Å². The minimum Gasteiger partial charge on any atom is -0.362 e. The lowest BCUT2D eigenvalue weighted by Crippen LogP contribution is -2.61. The molecule has 1 aromatic heterocycles. The van der Waals surface area contributed by atoms with Gasteiger partial charge in [0.1, 0.15) is 17.8 Å². The molecular formula is C31H55N5O2S+2. The van der Waals surface area contributed by atoms with Gasteiger partial charge >= 0.3 is 5.95 Å². The first-order valence-corrected chi connectivity index (χ1v) is 17.0. The van der Waals surface area contributed by atoms with E-state index in [-0.39, 0.29) is 34.3 Å². The van der Waals surface area contributed by atoms with Gasteiger partial charge in [-0.25, -0.2) is 4.48 Å². The number of likely N-dealkylation sites (N-methyl/N-ethyl adjacent to an activating group) is 1. The first-order chi connectivity index (χ1) is 18.6. The zero-order valence-electron chi connectivity index (χ0n) is 25.9. The van der Waals surface area contributed by atoms with E-state index < -0.39 is 0 Å². The standard InChI is InChI=1S/C31H53N5O2S/c1-10-13-24(23(11-2)30(37)32-5)20(3)21(4)28-25-16-17-33-29(25)35(6)31(34-28)36(7,8)26-15-12-14-22-18-27(26)38-19-39(22)9/h20-24,26-27H,9-19H2,1-8H3/p+2. The molecule has 0 aromatic carbocycles. The summed E-state index contributed by atoms with van der Waals surface area (Å²) < 4.78 is 9.52. The molecule has 220 valence electrons. The molecule has 8 heteroatoms. The van der Waals surface area contributed by atoms with Crippen LogP contribution in [0.4, 0.5) is 11.8 Å². The number of amides is 1. The summed E-state index contributed by atoms with van der Waals surface area (Å²) in [6.07, 6.45) is 9.06. The Labute approximate surface area is 240 Å². The highest BCUT2D eigenvalue weighted by Gasteiger charge is 2.49. The minimum absolute atomic E-state index is 0.0325. The van der Waals surface area contributed by atoms with E-state index in [9.17, 15) is 4.79 Å². The molecule has 2 aliphatic heterocycles. The van der Waals surface area contributed by atoms with Gasteiger partial charge in [0.2, 0.25) is 11.7 Å². The number of aromatic nitrogens is 2. The van der Waals surface area contributed by atoms with E-state index in [1.54, 1.807) is 7.05 Å². The number of anilines is 1. The summed E-state index contributed by atoms with van der Waals surface area (Å²) in [7, 11) is 8.77. The Hall–Kier alpha value is -1.51. The molecular weight excluding hydrogens is 506 g/mol. The number of nitrogens with one attached hydrogen (secondary N) is 2. The Morgan fingerprint density at radius 3 is 2.72 bits per heavy atom. The average molecular weight is 562 g/mol. The van der Waals surface area contributed by atoms with Gasteiger partial charge in [-0.15, -0.1) is 0 Å². The SMILES string of the molecule is C=S1COC2CC1CCCC2[N+](C)(C)c1nc(C(C)C(C)C(CCC)C(CC)C(=O)NC)c2c([n+]1C)NCC2. The van der Waals surface area contributed by atoms with Crippen LogP contribution in [0.5, 0.6) is 0 Å². The first-order valence-electron chi connectivity index (χ1n) is 15.4. The predicted molar refractivity (Wildman–Crippen MR) is 166 cm³/mol. The van der Waals surface area contributed by atoms with Crippen LogP contribution >= 0.6 is 10.5 Å². The Morgan fingerprint density at radius 2 is 2.05 bits per heavy atom. The van der Waals surface area contributed by atoms with E-state index in [0.717, 1.165) is 61.4 Å². The molecule has 4 rings (SSSR count). The van der Waals surface area contributed by atoms with E-state index >= 15 is 0 Å². The monoisotopic (exact) mass is 561 g/mol. The van der Waals surface area contributed by atoms with Gasteiger partial charge < -0.3 is 15.4 Å². The minimum atomic E-state index is 0.0325. The second-order valence-electron chi connectivity index (χ2n) is 12.8. The number of rotatable bonds is 10. The van der Waals surface area contributed by atoms with Crippen molar-refractivity contribution in [3.8, 4) is 0 Å². The average Bonchev–Trinajstić information content (AvgIpc) is 3.34. The van der Waals surface area contributed by atoms with E-state index in [1.807, 2.05) is 0 Å². The van der Waals surface area contributed by atoms with Gasteiger partial charge in [0.15, 0.2) is 0 Å². The molecule has 7 nitrogen and oxygen atoms in total. The van der Waals surface area contributed by atoms with Crippen molar-refractivity contribution in [2.45, 2.75) is 102 Å². The van der Waals surface area contributed by atoms with Gasteiger partial charge in [-0.05, 0) is 43.9 Å². The van der Waals surface area contributed by atoms with Crippen LogP contribution in [0, 0.1) is 17.8 Å². The summed E-state index contributed by atoms with van der Waals surface area (Å²) in [5.41, 5.74) is 2.59. The molecule has 1 saturated heterocycles. The van der Waals surface area contributed by atoms with Gasteiger partial charge in [-0.2, -0.15) is 15.1 Å². The molecule has 0 radical (unpaired) electrons. The molecule has 0 spiro atoms. The smallest absolute Gasteiger partial charge is 0.362 e. The second-order valence-corrected chi connectivity index (χ2v) is 14.8. The molecule has 39 heavy (non-hydrogen) atoms. The molecule has 1 amide bonds. The van der Waals surface area contributed by atoms with E-state index in [0.29, 0.717) is 23.1 Å². The number of hydrogen-bond acceptors (Lipinski definition) is 4. The zero-order chi connectivity index (χ0) is 28.5. The predicted octanol–water partition coefficient (Wildman–Crippen LogP) is 4.74. The van der Waals surface area contributed by atoms with Crippen LogP contribution in [0.3, 0.4) is 0 Å². The summed E-state index contributed by atoms with van der Waals surface area (Å²) in [6.45, 7) is 10.1. The van der Waals surface area contributed by atoms with Crippen LogP contribution in [0.25, 0.3) is 0 Å². The first kappa shape index (κ1) is 30.4. The fourth-order valence-corrected chi connectivity index (χ4v) is 9.41. The molecule has 2 fully saturated rings. The van der Waals surface area contributed by atoms with Crippen molar-refractivity contribution < 1.29 is 14.1 Å². The van der Waals surface area contributed by atoms with Gasteiger partial charge in [-0.3, -0.25) is 4.79 Å². The molecule has 3 aliphatic rings. The van der Waals surface area contributed by atoms with E-state index in [1.165, 1.54) is 29.9 Å². The highest BCUT2D eigenvalue weighted by molar-refractivity contribution is 8.14. The number of nitrogens with zero attached hydrogens (tertiary/aromatic N) is 3. The van der Waals surface area contributed by atoms with Crippen LogP contribution < -0.4 is 19.7 Å². The van der Waals surface area contributed by atoms with Gasteiger partial charge in [0.25, 0.3) is 0 Å². The quantitative estimate of drug-likeness (QED) is 0.246. The lowest BCUT2D eigenvalue weighted by atomic mass is 9.71. The van der Waals surface area contributed by atoms with Crippen molar-refractivity contribution in [3.05, 3.63) is 11.3 Å². The summed E-state index contributed by atoms with van der Waals surface area (Å²) >= 11 is 0. The molecule has 3 heterocycles. The molecule has 8 atom stereocenters. The summed E-state index contributed by atoms with van der Waals surface area (Å²) in [5, 5.41) is 7.35. The van der Waals surface area contributed by atoms with Crippen LogP contribution in [0.2, 0.25) is 0 Å². The molecule has 8 unspecified atom stereocenters.